The van der Waals surface area contributed by atoms with Gasteiger partial charge in [0.05, 0.1) is 34.4 Å². The molecule has 2 aromatic carbocycles. The van der Waals surface area contributed by atoms with Crippen LogP contribution < -0.4 is 4.74 Å². The summed E-state index contributed by atoms with van der Waals surface area (Å²) in [6, 6.07) is 6.50. The molecule has 0 aliphatic heterocycles. The van der Waals surface area contributed by atoms with Crippen LogP contribution in [0.5, 0.6) is 11.5 Å². The van der Waals surface area contributed by atoms with Gasteiger partial charge < -0.3 is 14.6 Å². The van der Waals surface area contributed by atoms with E-state index in [0.29, 0.717) is 0 Å². The fourth-order valence-corrected chi connectivity index (χ4v) is 2.57. The van der Waals surface area contributed by atoms with Gasteiger partial charge in [-0.2, -0.15) is 13.2 Å². The van der Waals surface area contributed by atoms with Crippen molar-refractivity contribution in [3.8, 4) is 11.5 Å². The molecule has 4 nitrogen and oxygen atoms in total. The van der Waals surface area contributed by atoms with Gasteiger partial charge in [-0.1, -0.05) is 29.3 Å². The minimum absolute atomic E-state index is 0.0671. The second-order valence-electron chi connectivity index (χ2n) is 5.16. The van der Waals surface area contributed by atoms with Gasteiger partial charge >= 0.3 is 12.1 Å². The predicted molar refractivity (Wildman–Crippen MR) is 90.0 cm³/mol. The second kappa shape index (κ2) is 8.51. The van der Waals surface area contributed by atoms with E-state index in [-0.39, 0.29) is 46.7 Å². The van der Waals surface area contributed by atoms with Crippen molar-refractivity contribution in [3.63, 3.8) is 0 Å². The van der Waals surface area contributed by atoms with Crippen molar-refractivity contribution in [1.82, 2.24) is 0 Å². The highest BCUT2D eigenvalue weighted by Gasteiger charge is 2.31. The van der Waals surface area contributed by atoms with Gasteiger partial charge in [0, 0.05) is 18.6 Å². The lowest BCUT2D eigenvalue weighted by atomic mass is 10.1. The third kappa shape index (κ3) is 5.44. The van der Waals surface area contributed by atoms with Crippen LogP contribution >= 0.6 is 23.2 Å². The fraction of sp³-hybridized carbons (Fsp3) is 0.235. The maximum absolute atomic E-state index is 12.6. The van der Waals surface area contributed by atoms with Crippen LogP contribution in [0.4, 0.5) is 13.2 Å². The van der Waals surface area contributed by atoms with E-state index in [2.05, 4.69) is 0 Å². The molecular formula is C17H13Cl2F3O4. The number of phenols is 1. The van der Waals surface area contributed by atoms with E-state index in [1.165, 1.54) is 18.2 Å². The molecule has 0 atom stereocenters. The molecule has 0 fully saturated rings. The van der Waals surface area contributed by atoms with Gasteiger partial charge in [0.15, 0.2) is 5.75 Å². The molecule has 1 N–H and O–H groups in total. The molecule has 0 saturated heterocycles. The molecule has 0 aromatic heterocycles. The highest BCUT2D eigenvalue weighted by Crippen LogP contribution is 2.36. The number of rotatable bonds is 6. The van der Waals surface area contributed by atoms with E-state index in [1.807, 2.05) is 0 Å². The summed E-state index contributed by atoms with van der Waals surface area (Å²) in [6.45, 7) is 0.0302. The summed E-state index contributed by atoms with van der Waals surface area (Å²) in [5, 5.41) is 9.56. The molecule has 9 heteroatoms. The number of hydrogen-bond donors (Lipinski definition) is 1. The number of ether oxygens (including phenoxy) is 2. The number of halogens is 5. The van der Waals surface area contributed by atoms with E-state index in [0.717, 1.165) is 18.2 Å². The lowest BCUT2D eigenvalue weighted by Crippen LogP contribution is -2.11. The largest absolute Gasteiger partial charge is 0.508 e. The Morgan fingerprint density at radius 1 is 1.08 bits per heavy atom. The summed E-state index contributed by atoms with van der Waals surface area (Å²) < 4.78 is 48.2. The van der Waals surface area contributed by atoms with Crippen molar-refractivity contribution >= 4 is 29.2 Å². The van der Waals surface area contributed by atoms with Crippen LogP contribution in [-0.4, -0.2) is 24.3 Å². The molecule has 26 heavy (non-hydrogen) atoms. The predicted octanol–water partition coefficient (Wildman–Crippen LogP) is 5.34. The summed E-state index contributed by atoms with van der Waals surface area (Å²) in [5.41, 5.74) is -1.11. The van der Waals surface area contributed by atoms with E-state index in [4.69, 9.17) is 32.7 Å². The molecule has 0 heterocycles. The Kier molecular flexibility index (Phi) is 6.61. The zero-order chi connectivity index (χ0) is 19.3. The molecule has 0 aliphatic rings. The molecule has 2 aromatic rings. The molecule has 0 radical (unpaired) electrons. The van der Waals surface area contributed by atoms with Crippen LogP contribution in [0.3, 0.4) is 0 Å². The van der Waals surface area contributed by atoms with Crippen molar-refractivity contribution in [3.05, 3.63) is 57.6 Å². The van der Waals surface area contributed by atoms with Crippen LogP contribution in [0.2, 0.25) is 10.0 Å². The maximum Gasteiger partial charge on any atom is 0.416 e. The minimum Gasteiger partial charge on any atom is -0.508 e. The quantitative estimate of drug-likeness (QED) is 0.517. The summed E-state index contributed by atoms with van der Waals surface area (Å²) in [5.74, 6) is -0.797. The number of carbonyl (C=O) groups is 1. The zero-order valence-electron chi connectivity index (χ0n) is 13.1. The van der Waals surface area contributed by atoms with Gasteiger partial charge in [-0.3, -0.25) is 0 Å². The number of hydrogen-bond acceptors (Lipinski definition) is 4. The number of alkyl halides is 3. The van der Waals surface area contributed by atoms with Crippen LogP contribution in [0.1, 0.15) is 22.3 Å². The normalized spacial score (nSPS) is 11.3. The summed E-state index contributed by atoms with van der Waals surface area (Å²) in [7, 11) is 0. The monoisotopic (exact) mass is 408 g/mol. The van der Waals surface area contributed by atoms with E-state index in [1.54, 1.807) is 0 Å². The minimum atomic E-state index is -4.53. The van der Waals surface area contributed by atoms with Gasteiger partial charge in [0.25, 0.3) is 0 Å². The Labute approximate surface area is 157 Å². The first-order valence-corrected chi connectivity index (χ1v) is 8.09. The lowest BCUT2D eigenvalue weighted by Gasteiger charge is -2.11. The molecule has 0 bridgehead atoms. The second-order valence-corrected chi connectivity index (χ2v) is 5.97. The first kappa shape index (κ1) is 20.2. The van der Waals surface area contributed by atoms with Gasteiger partial charge in [-0.05, 0) is 18.2 Å². The molecule has 0 spiro atoms. The average molecular weight is 409 g/mol. The molecule has 140 valence electrons. The summed E-state index contributed by atoms with van der Waals surface area (Å²) >= 11 is 11.8. The molecule has 0 saturated carbocycles. The van der Waals surface area contributed by atoms with E-state index >= 15 is 0 Å². The Balaban J connectivity index is 1.83. The van der Waals surface area contributed by atoms with Crippen molar-refractivity contribution in [1.29, 1.82) is 0 Å². The zero-order valence-corrected chi connectivity index (χ0v) is 14.7. The molecular weight excluding hydrogens is 396 g/mol. The van der Waals surface area contributed by atoms with Crippen LogP contribution in [0.15, 0.2) is 36.4 Å². The Morgan fingerprint density at radius 3 is 2.35 bits per heavy atom. The van der Waals surface area contributed by atoms with Gasteiger partial charge in [-0.25, -0.2) is 4.79 Å². The molecule has 0 aliphatic carbocycles. The molecule has 2 rings (SSSR count). The third-order valence-corrected chi connectivity index (χ3v) is 3.74. The average Bonchev–Trinajstić information content (AvgIpc) is 2.55. The van der Waals surface area contributed by atoms with Crippen molar-refractivity contribution in [2.24, 2.45) is 0 Å². The maximum atomic E-state index is 12.6. The Hall–Kier alpha value is -2.12. The van der Waals surface area contributed by atoms with Crippen molar-refractivity contribution in [2.45, 2.75) is 12.6 Å². The summed E-state index contributed by atoms with van der Waals surface area (Å²) in [6.07, 6.45) is -4.27. The highest BCUT2D eigenvalue weighted by molar-refractivity contribution is 6.37. The number of benzene rings is 2. The molecule has 0 unspecified atom stereocenters. The van der Waals surface area contributed by atoms with E-state index in [9.17, 15) is 23.1 Å². The van der Waals surface area contributed by atoms with Crippen molar-refractivity contribution < 1.29 is 32.5 Å². The van der Waals surface area contributed by atoms with Gasteiger partial charge in [-0.15, -0.1) is 0 Å². The van der Waals surface area contributed by atoms with E-state index < -0.39 is 17.7 Å². The van der Waals surface area contributed by atoms with Crippen LogP contribution in [-0.2, 0) is 10.9 Å². The molecule has 0 amide bonds. The third-order valence-electron chi connectivity index (χ3n) is 3.18. The first-order valence-electron chi connectivity index (χ1n) is 7.33. The fourth-order valence-electron chi connectivity index (χ4n) is 1.99. The van der Waals surface area contributed by atoms with Crippen LogP contribution in [0.25, 0.3) is 0 Å². The number of carbonyl (C=O) groups excluding carboxylic acids is 1. The standard InChI is InChI=1S/C17H13Cl2F3O4/c18-13-8-12(23)9-14(19)15(13)25-5-2-6-26-16(24)10-3-1-4-11(7-10)17(20,21)22/h1,3-4,7-9,23H,2,5-6H2. The smallest absolute Gasteiger partial charge is 0.416 e. The number of phenolic OH excluding ortho intramolecular Hbond substituents is 1. The number of esters is 1. The first-order chi connectivity index (χ1) is 12.2. The SMILES string of the molecule is O=C(OCCCOc1c(Cl)cc(O)cc1Cl)c1cccc(C(F)(F)F)c1. The summed E-state index contributed by atoms with van der Waals surface area (Å²) in [4.78, 5) is 11.8. The Bertz CT molecular complexity index is 771. The van der Waals surface area contributed by atoms with Gasteiger partial charge in [0.2, 0.25) is 0 Å². The topological polar surface area (TPSA) is 55.8 Å². The number of aromatic hydroxyl groups is 1. The Morgan fingerprint density at radius 2 is 1.73 bits per heavy atom. The lowest BCUT2D eigenvalue weighted by molar-refractivity contribution is -0.137. The highest BCUT2D eigenvalue weighted by atomic mass is 35.5. The van der Waals surface area contributed by atoms with Crippen LogP contribution in [0, 0.1) is 0 Å². The van der Waals surface area contributed by atoms with Crippen molar-refractivity contribution in [2.75, 3.05) is 13.2 Å². The van der Waals surface area contributed by atoms with Gasteiger partial charge in [0.1, 0.15) is 5.75 Å².